The van der Waals surface area contributed by atoms with Gasteiger partial charge in [-0.2, -0.15) is 0 Å². The zero-order valence-corrected chi connectivity index (χ0v) is 12.6. The summed E-state index contributed by atoms with van der Waals surface area (Å²) < 4.78 is 0. The largest absolute Gasteiger partial charge is 0.392 e. The molecule has 0 saturated carbocycles. The third kappa shape index (κ3) is 2.14. The Morgan fingerprint density at radius 2 is 1.91 bits per heavy atom. The van der Waals surface area contributed by atoms with E-state index >= 15 is 0 Å². The normalized spacial score (nSPS) is 13.6. The molecular formula is C19H18N2O. The van der Waals surface area contributed by atoms with Crippen LogP contribution in [0.5, 0.6) is 0 Å². The van der Waals surface area contributed by atoms with Crippen molar-refractivity contribution in [3.8, 4) is 0 Å². The molecule has 0 fully saturated rings. The number of hydrogen-bond donors (Lipinski definition) is 1. The average molecular weight is 290 g/mol. The van der Waals surface area contributed by atoms with E-state index in [0.29, 0.717) is 0 Å². The van der Waals surface area contributed by atoms with Gasteiger partial charge < -0.3 is 10.0 Å². The number of aliphatic hydroxyl groups excluding tert-OH is 1. The molecule has 22 heavy (non-hydrogen) atoms. The molecule has 0 unspecified atom stereocenters. The minimum Gasteiger partial charge on any atom is -0.392 e. The highest BCUT2D eigenvalue weighted by molar-refractivity contribution is 5.84. The second-order valence-electron chi connectivity index (χ2n) is 5.89. The summed E-state index contributed by atoms with van der Waals surface area (Å²) in [5.41, 5.74) is 5.66. The van der Waals surface area contributed by atoms with E-state index in [1.165, 1.54) is 16.5 Å². The van der Waals surface area contributed by atoms with Gasteiger partial charge in [0.15, 0.2) is 0 Å². The molecule has 0 bridgehead atoms. The minimum absolute atomic E-state index is 0.0824. The molecule has 0 aliphatic carbocycles. The monoisotopic (exact) mass is 290 g/mol. The third-order valence-electron chi connectivity index (χ3n) is 4.32. The molecule has 2 aromatic carbocycles. The average Bonchev–Trinajstić information content (AvgIpc) is 2.95. The highest BCUT2D eigenvalue weighted by Crippen LogP contribution is 2.35. The van der Waals surface area contributed by atoms with Crippen LogP contribution < -0.4 is 4.90 Å². The van der Waals surface area contributed by atoms with Gasteiger partial charge in [-0.25, -0.2) is 4.98 Å². The molecule has 3 heteroatoms. The molecular weight excluding hydrogens is 272 g/mol. The zero-order chi connectivity index (χ0) is 15.1. The molecule has 1 N–H and O–H groups in total. The third-order valence-corrected chi connectivity index (χ3v) is 4.32. The van der Waals surface area contributed by atoms with E-state index in [0.717, 1.165) is 35.6 Å². The minimum atomic E-state index is 0.0824. The smallest absolute Gasteiger partial charge is 0.137 e. The summed E-state index contributed by atoms with van der Waals surface area (Å²) in [6.07, 6.45) is 1.02. The van der Waals surface area contributed by atoms with Crippen molar-refractivity contribution in [3.05, 3.63) is 65.2 Å². The molecule has 0 spiro atoms. The first kappa shape index (κ1) is 13.3. The number of rotatable bonds is 2. The van der Waals surface area contributed by atoms with Crippen LogP contribution in [-0.4, -0.2) is 16.6 Å². The molecule has 110 valence electrons. The van der Waals surface area contributed by atoms with Gasteiger partial charge in [0.1, 0.15) is 5.82 Å². The summed E-state index contributed by atoms with van der Waals surface area (Å²) in [5.74, 6) is 1.06. The van der Waals surface area contributed by atoms with Crippen LogP contribution >= 0.6 is 0 Å². The molecule has 3 aromatic rings. The van der Waals surface area contributed by atoms with Crippen LogP contribution in [0.3, 0.4) is 0 Å². The fraction of sp³-hybridized carbons (Fsp3) is 0.211. The SMILES string of the molecule is Cc1ccc2cc3c(nc2c1)N(c1ccc(CO)cc1)CC3. The number of aliphatic hydroxyl groups is 1. The predicted molar refractivity (Wildman–Crippen MR) is 89.6 cm³/mol. The van der Waals surface area contributed by atoms with Crippen LogP contribution in [-0.2, 0) is 13.0 Å². The quantitative estimate of drug-likeness (QED) is 0.781. The van der Waals surface area contributed by atoms with Crippen molar-refractivity contribution in [2.75, 3.05) is 11.4 Å². The molecule has 1 aliphatic rings. The molecule has 0 radical (unpaired) electrons. The summed E-state index contributed by atoms with van der Waals surface area (Å²) in [7, 11) is 0. The fourth-order valence-electron chi connectivity index (χ4n) is 3.10. The summed E-state index contributed by atoms with van der Waals surface area (Å²) in [6.45, 7) is 3.13. The first-order chi connectivity index (χ1) is 10.7. The zero-order valence-electron chi connectivity index (χ0n) is 12.6. The van der Waals surface area contributed by atoms with Crippen LogP contribution in [0.2, 0.25) is 0 Å². The van der Waals surface area contributed by atoms with Gasteiger partial charge in [0.25, 0.3) is 0 Å². The van der Waals surface area contributed by atoms with Crippen molar-refractivity contribution in [2.24, 2.45) is 0 Å². The predicted octanol–water partition coefficient (Wildman–Crippen LogP) is 3.73. The number of aromatic nitrogens is 1. The molecule has 2 heterocycles. The Kier molecular flexibility index (Phi) is 3.09. The van der Waals surface area contributed by atoms with Crippen molar-refractivity contribution in [3.63, 3.8) is 0 Å². The summed E-state index contributed by atoms with van der Waals surface area (Å²) in [4.78, 5) is 7.16. The van der Waals surface area contributed by atoms with Gasteiger partial charge in [0.05, 0.1) is 12.1 Å². The molecule has 0 amide bonds. The topological polar surface area (TPSA) is 36.4 Å². The van der Waals surface area contributed by atoms with Crippen LogP contribution in [0.1, 0.15) is 16.7 Å². The Labute approximate surface area is 129 Å². The molecule has 1 aromatic heterocycles. The highest BCUT2D eigenvalue weighted by atomic mass is 16.3. The van der Waals surface area contributed by atoms with E-state index in [-0.39, 0.29) is 6.61 Å². The van der Waals surface area contributed by atoms with E-state index in [1.54, 1.807) is 0 Å². The van der Waals surface area contributed by atoms with Crippen molar-refractivity contribution in [1.29, 1.82) is 0 Å². The molecule has 4 rings (SSSR count). The number of benzene rings is 2. The standard InChI is InChI=1S/C19H18N2O/c1-13-2-5-15-11-16-8-9-21(19(16)20-18(15)10-13)17-6-3-14(12-22)4-7-17/h2-7,10-11,22H,8-9,12H2,1H3. The van der Waals surface area contributed by atoms with Crippen LogP contribution in [0.4, 0.5) is 11.5 Å². The Hall–Kier alpha value is -2.39. The Balaban J connectivity index is 1.80. The van der Waals surface area contributed by atoms with Crippen LogP contribution in [0.15, 0.2) is 48.5 Å². The van der Waals surface area contributed by atoms with Gasteiger partial charge in [-0.3, -0.25) is 0 Å². The van der Waals surface area contributed by atoms with E-state index in [2.05, 4.69) is 48.2 Å². The van der Waals surface area contributed by atoms with Gasteiger partial charge in [0, 0.05) is 17.6 Å². The Morgan fingerprint density at radius 3 is 2.68 bits per heavy atom. The van der Waals surface area contributed by atoms with Crippen molar-refractivity contribution in [1.82, 2.24) is 4.98 Å². The van der Waals surface area contributed by atoms with Gasteiger partial charge in [-0.05, 0) is 54.3 Å². The van der Waals surface area contributed by atoms with Gasteiger partial charge in [-0.1, -0.05) is 24.3 Å². The van der Waals surface area contributed by atoms with Crippen LogP contribution in [0, 0.1) is 6.92 Å². The second-order valence-corrected chi connectivity index (χ2v) is 5.89. The first-order valence-electron chi connectivity index (χ1n) is 7.62. The lowest BCUT2D eigenvalue weighted by Crippen LogP contribution is -2.14. The number of pyridine rings is 1. The first-order valence-corrected chi connectivity index (χ1v) is 7.62. The lowest BCUT2D eigenvalue weighted by atomic mass is 10.1. The van der Waals surface area contributed by atoms with Crippen molar-refractivity contribution < 1.29 is 5.11 Å². The van der Waals surface area contributed by atoms with Crippen molar-refractivity contribution in [2.45, 2.75) is 20.0 Å². The van der Waals surface area contributed by atoms with E-state index in [9.17, 15) is 5.11 Å². The molecule has 0 saturated heterocycles. The maximum atomic E-state index is 9.17. The van der Waals surface area contributed by atoms with Gasteiger partial charge in [-0.15, -0.1) is 0 Å². The van der Waals surface area contributed by atoms with Gasteiger partial charge >= 0.3 is 0 Å². The number of hydrogen-bond acceptors (Lipinski definition) is 3. The van der Waals surface area contributed by atoms with E-state index in [1.807, 2.05) is 12.1 Å². The summed E-state index contributed by atoms with van der Waals surface area (Å²) >= 11 is 0. The molecule has 1 aliphatic heterocycles. The molecule has 0 atom stereocenters. The number of nitrogens with zero attached hydrogens (tertiary/aromatic N) is 2. The van der Waals surface area contributed by atoms with E-state index in [4.69, 9.17) is 4.98 Å². The summed E-state index contributed by atoms with van der Waals surface area (Å²) in [5, 5.41) is 10.4. The lowest BCUT2D eigenvalue weighted by Gasteiger charge is -2.19. The maximum Gasteiger partial charge on any atom is 0.137 e. The number of anilines is 2. The molecule has 3 nitrogen and oxygen atoms in total. The van der Waals surface area contributed by atoms with Crippen molar-refractivity contribution >= 4 is 22.4 Å². The van der Waals surface area contributed by atoms with Crippen LogP contribution in [0.25, 0.3) is 10.9 Å². The van der Waals surface area contributed by atoms with E-state index < -0.39 is 0 Å². The highest BCUT2D eigenvalue weighted by Gasteiger charge is 2.22. The summed E-state index contributed by atoms with van der Waals surface area (Å²) in [6, 6.07) is 16.7. The van der Waals surface area contributed by atoms with Gasteiger partial charge in [0.2, 0.25) is 0 Å². The maximum absolute atomic E-state index is 9.17. The lowest BCUT2D eigenvalue weighted by molar-refractivity contribution is 0.282. The fourth-order valence-corrected chi connectivity index (χ4v) is 3.10. The number of aryl methyl sites for hydroxylation is 1. The Bertz CT molecular complexity index is 840. The Morgan fingerprint density at radius 1 is 1.09 bits per heavy atom. The number of fused-ring (bicyclic) bond motifs is 2. The second kappa shape index (κ2) is 5.11.